The van der Waals surface area contributed by atoms with Crippen molar-refractivity contribution in [3.05, 3.63) is 108 Å². The standard InChI is InChI=1S/C40H54N2O/c1-10-27(4)22-30(7)37(28(5)11-2)25-38(41-9)39-26-40(43)31(8)23-36(42-39)21-20-33(12-3)34-17-16-29(6)35(19-18-34)24-32-14-13-15-32/h10,12,20-22,25-26,30,32,34-35H,1,5-6,8,11,13-19,23-24H2,2-4,7,9H3/b21-20-,27-22-,33-12+,37-25-,41-38+. The molecule has 3 rings (SSSR count). The Hall–Kier alpha value is -3.33. The van der Waals surface area contributed by atoms with E-state index in [1.807, 2.05) is 19.1 Å². The summed E-state index contributed by atoms with van der Waals surface area (Å²) in [7, 11) is 1.75. The average Bonchev–Trinajstić information content (AvgIpc) is 3.24. The number of aliphatic imine (C=N–C) groups is 2. The summed E-state index contributed by atoms with van der Waals surface area (Å²) in [5.74, 6) is 2.13. The van der Waals surface area contributed by atoms with Crippen LogP contribution in [0.3, 0.4) is 0 Å². The third-order valence-corrected chi connectivity index (χ3v) is 9.60. The van der Waals surface area contributed by atoms with Crippen molar-refractivity contribution < 1.29 is 4.79 Å². The molecule has 2 fully saturated rings. The molecule has 3 unspecified atom stereocenters. The zero-order chi connectivity index (χ0) is 31.5. The van der Waals surface area contributed by atoms with Crippen molar-refractivity contribution in [1.82, 2.24) is 0 Å². The lowest BCUT2D eigenvalue weighted by Gasteiger charge is -2.30. The van der Waals surface area contributed by atoms with Gasteiger partial charge in [0.25, 0.3) is 0 Å². The van der Waals surface area contributed by atoms with Gasteiger partial charge in [0.15, 0.2) is 5.78 Å². The largest absolute Gasteiger partial charge is 0.290 e. The first-order valence-corrected chi connectivity index (χ1v) is 16.3. The van der Waals surface area contributed by atoms with Crippen molar-refractivity contribution in [2.45, 2.75) is 91.9 Å². The molecule has 1 aliphatic heterocycles. The molecular formula is C40H54N2O. The number of carbonyl (C=O) groups excluding carboxylic acids is 1. The van der Waals surface area contributed by atoms with Crippen LogP contribution in [-0.2, 0) is 4.79 Å². The van der Waals surface area contributed by atoms with Crippen molar-refractivity contribution >= 4 is 17.2 Å². The summed E-state index contributed by atoms with van der Waals surface area (Å²) in [6.07, 6.45) is 25.7. The maximum absolute atomic E-state index is 13.0. The second-order valence-corrected chi connectivity index (χ2v) is 12.7. The molecule has 3 aliphatic rings. The van der Waals surface area contributed by atoms with E-state index in [2.05, 4.69) is 76.4 Å². The first-order chi connectivity index (χ1) is 20.6. The molecular weight excluding hydrogens is 524 g/mol. The van der Waals surface area contributed by atoms with Crippen LogP contribution in [0.2, 0.25) is 0 Å². The van der Waals surface area contributed by atoms with Gasteiger partial charge in [-0.15, -0.1) is 0 Å². The second-order valence-electron chi connectivity index (χ2n) is 12.7. The third kappa shape index (κ3) is 9.58. The van der Waals surface area contributed by atoms with Crippen LogP contribution in [0.4, 0.5) is 0 Å². The van der Waals surface area contributed by atoms with E-state index in [1.165, 1.54) is 49.7 Å². The van der Waals surface area contributed by atoms with Gasteiger partial charge in [-0.3, -0.25) is 14.8 Å². The summed E-state index contributed by atoms with van der Waals surface area (Å²) >= 11 is 0. The van der Waals surface area contributed by atoms with E-state index >= 15 is 0 Å². The lowest BCUT2D eigenvalue weighted by molar-refractivity contribution is -0.111. The van der Waals surface area contributed by atoms with E-state index in [0.717, 1.165) is 47.6 Å². The highest BCUT2D eigenvalue weighted by Crippen LogP contribution is 2.41. The summed E-state index contributed by atoms with van der Waals surface area (Å²) in [4.78, 5) is 22.6. The van der Waals surface area contributed by atoms with Crippen LogP contribution in [0.25, 0.3) is 0 Å². The summed E-state index contributed by atoms with van der Waals surface area (Å²) < 4.78 is 0. The Kier molecular flexibility index (Phi) is 13.1. The van der Waals surface area contributed by atoms with Gasteiger partial charge in [-0.25, -0.2) is 0 Å². The molecule has 43 heavy (non-hydrogen) atoms. The van der Waals surface area contributed by atoms with Crippen LogP contribution >= 0.6 is 0 Å². The SMILES string of the molecule is C=C/C(C)=C\C(C)/C(=C\C(=N/C)C1=CC(=O)C(=C)CC(/C=C\C(=C/C)C2CCC(=C)C(CC3CCC3)CC2)=N1)C(=C)CC. The summed E-state index contributed by atoms with van der Waals surface area (Å²) in [5, 5.41) is 0. The van der Waals surface area contributed by atoms with Crippen LogP contribution in [-0.4, -0.2) is 24.3 Å². The molecule has 0 aromatic carbocycles. The van der Waals surface area contributed by atoms with Gasteiger partial charge >= 0.3 is 0 Å². The quantitative estimate of drug-likeness (QED) is 0.0746. The highest BCUT2D eigenvalue weighted by Gasteiger charge is 2.27. The summed E-state index contributed by atoms with van der Waals surface area (Å²) in [6, 6.07) is 0. The molecule has 1 heterocycles. The molecule has 0 aromatic heterocycles. The molecule has 0 amide bonds. The molecule has 0 radical (unpaired) electrons. The van der Waals surface area contributed by atoms with Gasteiger partial charge in [0.05, 0.1) is 11.4 Å². The Morgan fingerprint density at radius 1 is 1.19 bits per heavy atom. The molecule has 0 aromatic rings. The minimum atomic E-state index is -0.103. The number of ketones is 1. The lowest BCUT2D eigenvalue weighted by atomic mass is 9.76. The lowest BCUT2D eigenvalue weighted by Crippen LogP contribution is -2.16. The molecule has 2 saturated carbocycles. The predicted octanol–water partition coefficient (Wildman–Crippen LogP) is 10.6. The molecule has 3 atom stereocenters. The maximum Gasteiger partial charge on any atom is 0.183 e. The topological polar surface area (TPSA) is 41.8 Å². The molecule has 3 nitrogen and oxygen atoms in total. The number of carbonyl (C=O) groups is 1. The maximum atomic E-state index is 13.0. The van der Waals surface area contributed by atoms with Crippen LogP contribution in [0.5, 0.6) is 0 Å². The van der Waals surface area contributed by atoms with Crippen molar-refractivity contribution in [3.63, 3.8) is 0 Å². The van der Waals surface area contributed by atoms with E-state index in [9.17, 15) is 4.79 Å². The zero-order valence-corrected chi connectivity index (χ0v) is 27.6. The van der Waals surface area contributed by atoms with Gasteiger partial charge in [-0.2, -0.15) is 0 Å². The fourth-order valence-corrected chi connectivity index (χ4v) is 6.42. The first-order valence-electron chi connectivity index (χ1n) is 16.3. The number of nitrogens with zero attached hydrogens (tertiary/aromatic N) is 2. The highest BCUT2D eigenvalue weighted by molar-refractivity contribution is 6.19. The van der Waals surface area contributed by atoms with E-state index in [0.29, 0.717) is 35.2 Å². The van der Waals surface area contributed by atoms with E-state index < -0.39 is 0 Å². The van der Waals surface area contributed by atoms with Crippen molar-refractivity contribution in [2.75, 3.05) is 7.05 Å². The average molecular weight is 579 g/mol. The zero-order valence-electron chi connectivity index (χ0n) is 27.6. The Balaban J connectivity index is 1.86. The van der Waals surface area contributed by atoms with Crippen molar-refractivity contribution in [3.8, 4) is 0 Å². The second kappa shape index (κ2) is 16.5. The van der Waals surface area contributed by atoms with Crippen molar-refractivity contribution in [1.29, 1.82) is 0 Å². The Labute approximate surface area is 262 Å². The van der Waals surface area contributed by atoms with Gasteiger partial charge < -0.3 is 0 Å². The smallest absolute Gasteiger partial charge is 0.183 e. The summed E-state index contributed by atoms with van der Waals surface area (Å²) in [5.41, 5.74) is 8.62. The monoisotopic (exact) mass is 578 g/mol. The van der Waals surface area contributed by atoms with Gasteiger partial charge in [0.1, 0.15) is 0 Å². The molecule has 2 aliphatic carbocycles. The van der Waals surface area contributed by atoms with E-state index in [4.69, 9.17) is 4.99 Å². The first kappa shape index (κ1) is 34.2. The fourth-order valence-electron chi connectivity index (χ4n) is 6.42. The van der Waals surface area contributed by atoms with Crippen LogP contribution in [0, 0.1) is 23.7 Å². The molecule has 0 bridgehead atoms. The van der Waals surface area contributed by atoms with Crippen LogP contribution in [0.1, 0.15) is 91.9 Å². The normalized spacial score (nSPS) is 24.3. The minimum Gasteiger partial charge on any atom is -0.290 e. The van der Waals surface area contributed by atoms with Crippen LogP contribution in [0.15, 0.2) is 118 Å². The van der Waals surface area contributed by atoms with Crippen LogP contribution < -0.4 is 0 Å². The van der Waals surface area contributed by atoms with Gasteiger partial charge in [0.2, 0.25) is 0 Å². The molecule has 0 saturated heterocycles. The number of hydrogen-bond acceptors (Lipinski definition) is 3. The van der Waals surface area contributed by atoms with E-state index in [1.54, 1.807) is 13.1 Å². The highest BCUT2D eigenvalue weighted by atomic mass is 16.1. The van der Waals surface area contributed by atoms with Gasteiger partial charge in [-0.1, -0.05) is 100 Å². The molecule has 0 spiro atoms. The van der Waals surface area contributed by atoms with Gasteiger partial charge in [-0.05, 0) is 105 Å². The number of hydrogen-bond donors (Lipinski definition) is 0. The molecule has 0 N–H and O–H groups in total. The molecule has 3 heteroatoms. The predicted molar refractivity (Wildman–Crippen MR) is 188 cm³/mol. The fraction of sp³-hybridized carbons (Fsp3) is 0.475. The Morgan fingerprint density at radius 3 is 2.53 bits per heavy atom. The van der Waals surface area contributed by atoms with E-state index in [-0.39, 0.29) is 11.7 Å². The van der Waals surface area contributed by atoms with Gasteiger partial charge in [0, 0.05) is 25.3 Å². The summed E-state index contributed by atoms with van der Waals surface area (Å²) in [6.45, 7) is 25.2. The minimum absolute atomic E-state index is 0.103. The Bertz CT molecular complexity index is 1320. The number of rotatable bonds is 12. The number of allylic oxidation sites excluding steroid dienone is 13. The molecule has 230 valence electrons. The third-order valence-electron chi connectivity index (χ3n) is 9.60. The van der Waals surface area contributed by atoms with Crippen molar-refractivity contribution in [2.24, 2.45) is 33.7 Å². The Morgan fingerprint density at radius 2 is 1.93 bits per heavy atom.